The number of amides is 3. The number of aliphatic imine (C=N–C) groups is 1. The zero-order chi connectivity index (χ0) is 32.0. The number of amidine groups is 1. The van der Waals surface area contributed by atoms with Crippen LogP contribution in [0.2, 0.25) is 0 Å². The zero-order valence-corrected chi connectivity index (χ0v) is 24.6. The molecule has 1 aliphatic rings. The quantitative estimate of drug-likeness (QED) is 0.224. The molecule has 1 saturated heterocycles. The largest absolute Gasteiger partial charge is 0.416 e. The highest BCUT2D eigenvalue weighted by atomic mass is 19.4. The third-order valence-electron chi connectivity index (χ3n) is 6.88. The number of nitrogens with one attached hydrogen (secondary N) is 3. The van der Waals surface area contributed by atoms with Gasteiger partial charge in [0.2, 0.25) is 0 Å². The molecule has 0 unspecified atom stereocenters. The van der Waals surface area contributed by atoms with Crippen LogP contribution in [0.15, 0.2) is 95.8 Å². The summed E-state index contributed by atoms with van der Waals surface area (Å²) in [6.45, 7) is 9.00. The zero-order valence-electron chi connectivity index (χ0n) is 24.6. The molecule has 3 amide bonds. The van der Waals surface area contributed by atoms with Gasteiger partial charge in [-0.25, -0.2) is 9.79 Å². The third kappa shape index (κ3) is 7.45. The van der Waals surface area contributed by atoms with E-state index in [-0.39, 0.29) is 18.1 Å². The lowest BCUT2D eigenvalue weighted by molar-refractivity contribution is -0.137. The molecule has 1 heterocycles. The highest BCUT2D eigenvalue weighted by Gasteiger charge is 2.33. The molecule has 0 aromatic heterocycles. The Kier molecular flexibility index (Phi) is 9.74. The maximum atomic E-state index is 13.6. The van der Waals surface area contributed by atoms with Crippen LogP contribution < -0.4 is 26.6 Å². The minimum absolute atomic E-state index is 0.139. The van der Waals surface area contributed by atoms with Crippen LogP contribution in [0.3, 0.4) is 0 Å². The van der Waals surface area contributed by atoms with Crippen molar-refractivity contribution in [2.45, 2.75) is 20.0 Å². The number of nitrogens with two attached hydrogens (primary N) is 1. The minimum Gasteiger partial charge on any atom is -0.384 e. The summed E-state index contributed by atoms with van der Waals surface area (Å²) >= 11 is 0. The van der Waals surface area contributed by atoms with E-state index in [1.165, 1.54) is 17.0 Å². The second-order valence-electron chi connectivity index (χ2n) is 10.1. The monoisotopic (exact) mass is 605 g/mol. The van der Waals surface area contributed by atoms with Crippen molar-refractivity contribution in [3.05, 3.63) is 107 Å². The van der Waals surface area contributed by atoms with Crippen LogP contribution in [0.5, 0.6) is 0 Å². The lowest BCUT2D eigenvalue weighted by Gasteiger charge is -2.36. The van der Waals surface area contributed by atoms with Gasteiger partial charge in [-0.2, -0.15) is 13.2 Å². The maximum absolute atomic E-state index is 13.6. The number of halogens is 3. The van der Waals surface area contributed by atoms with Gasteiger partial charge in [0, 0.05) is 48.3 Å². The van der Waals surface area contributed by atoms with Crippen molar-refractivity contribution in [2.75, 3.05) is 47.5 Å². The first kappa shape index (κ1) is 31.8. The maximum Gasteiger partial charge on any atom is 0.416 e. The van der Waals surface area contributed by atoms with Crippen molar-refractivity contribution in [3.63, 3.8) is 0 Å². The summed E-state index contributed by atoms with van der Waals surface area (Å²) in [6.07, 6.45) is -2.72. The van der Waals surface area contributed by atoms with Crippen LogP contribution in [0.1, 0.15) is 28.4 Å². The Morgan fingerprint density at radius 2 is 1.75 bits per heavy atom. The summed E-state index contributed by atoms with van der Waals surface area (Å²) in [5, 5.41) is 9.01. The number of nitrogens with zero attached hydrogens (tertiary/aromatic N) is 3. The Hall–Kier alpha value is -5.10. The summed E-state index contributed by atoms with van der Waals surface area (Å²) in [6, 6.07) is 16.4. The molecule has 12 heteroatoms. The lowest BCUT2D eigenvalue weighted by atomic mass is 10.1. The van der Waals surface area contributed by atoms with E-state index in [1.807, 2.05) is 44.2 Å². The molecule has 0 radical (unpaired) electrons. The summed E-state index contributed by atoms with van der Waals surface area (Å²) in [4.78, 5) is 34.0. The number of likely N-dealkylation sites (N-methyl/N-ethyl adjacent to an activating group) is 1. The number of carbonyl (C=O) groups is 2. The summed E-state index contributed by atoms with van der Waals surface area (Å²) in [5.41, 5.74) is 8.53. The Morgan fingerprint density at radius 3 is 2.45 bits per heavy atom. The minimum atomic E-state index is -4.57. The molecule has 0 saturated carbocycles. The Labute approximate surface area is 253 Å². The first-order chi connectivity index (χ1) is 20.9. The van der Waals surface area contributed by atoms with E-state index in [9.17, 15) is 22.8 Å². The lowest BCUT2D eigenvalue weighted by Crippen LogP contribution is -2.52. The number of carbonyl (C=O) groups excluding carboxylic acids is 2. The van der Waals surface area contributed by atoms with Crippen molar-refractivity contribution < 1.29 is 22.8 Å². The van der Waals surface area contributed by atoms with Crippen molar-refractivity contribution in [2.24, 2.45) is 10.7 Å². The summed E-state index contributed by atoms with van der Waals surface area (Å²) in [5.74, 6) is 0.0532. The van der Waals surface area contributed by atoms with E-state index >= 15 is 0 Å². The fourth-order valence-electron chi connectivity index (χ4n) is 4.61. The average molecular weight is 606 g/mol. The third-order valence-corrected chi connectivity index (χ3v) is 6.88. The van der Waals surface area contributed by atoms with Gasteiger partial charge < -0.3 is 21.7 Å². The number of hydrogen-bond acceptors (Lipinski definition) is 6. The fourth-order valence-corrected chi connectivity index (χ4v) is 4.61. The van der Waals surface area contributed by atoms with E-state index in [2.05, 4.69) is 27.5 Å². The van der Waals surface area contributed by atoms with Gasteiger partial charge in [-0.15, -0.1) is 0 Å². The number of rotatable bonds is 9. The van der Waals surface area contributed by atoms with Crippen molar-refractivity contribution in [1.29, 1.82) is 0 Å². The molecule has 230 valence electrons. The van der Waals surface area contributed by atoms with Crippen LogP contribution in [0.4, 0.5) is 40.7 Å². The predicted molar refractivity (Wildman–Crippen MR) is 169 cm³/mol. The number of anilines is 4. The molecule has 4 rings (SSSR count). The SMILES string of the molecule is C=C(/N=C1\C(=C/C)CN(c2cc(NC(=O)c3cccc(C(F)(F)F)c3)ccc2C)C(=O)N1C)Nc1cccc(NCCN)c1. The van der Waals surface area contributed by atoms with Crippen LogP contribution in [-0.2, 0) is 6.18 Å². The van der Waals surface area contributed by atoms with E-state index in [0.29, 0.717) is 36.1 Å². The van der Waals surface area contributed by atoms with Crippen LogP contribution >= 0.6 is 0 Å². The summed E-state index contributed by atoms with van der Waals surface area (Å²) in [7, 11) is 1.61. The number of alkyl halides is 3. The van der Waals surface area contributed by atoms with Crippen LogP contribution in [-0.4, -0.2) is 49.4 Å². The molecule has 3 aromatic rings. The molecule has 44 heavy (non-hydrogen) atoms. The van der Waals surface area contributed by atoms with Crippen molar-refractivity contribution >= 4 is 40.5 Å². The van der Waals surface area contributed by atoms with Gasteiger partial charge in [0.25, 0.3) is 5.91 Å². The molecule has 3 aromatic carbocycles. The number of urea groups is 1. The smallest absolute Gasteiger partial charge is 0.384 e. The molecule has 1 fully saturated rings. The highest BCUT2D eigenvalue weighted by molar-refractivity contribution is 6.16. The van der Waals surface area contributed by atoms with Gasteiger partial charge in [-0.1, -0.05) is 30.9 Å². The molecular weight excluding hydrogens is 571 g/mol. The topological polar surface area (TPSA) is 115 Å². The van der Waals surface area contributed by atoms with Gasteiger partial charge in [-0.05, 0) is 67.9 Å². The average Bonchev–Trinajstić information content (AvgIpc) is 2.99. The fraction of sp³-hybridized carbons (Fsp3) is 0.219. The molecule has 0 aliphatic carbocycles. The predicted octanol–water partition coefficient (Wildman–Crippen LogP) is 6.44. The second kappa shape index (κ2) is 13.5. The van der Waals surface area contributed by atoms with Crippen molar-refractivity contribution in [1.82, 2.24) is 4.90 Å². The summed E-state index contributed by atoms with van der Waals surface area (Å²) < 4.78 is 39.4. The van der Waals surface area contributed by atoms with Crippen molar-refractivity contribution in [3.8, 4) is 0 Å². The first-order valence-corrected chi connectivity index (χ1v) is 13.8. The molecular formula is C32H34F3N7O2. The van der Waals surface area contributed by atoms with Crippen LogP contribution in [0.25, 0.3) is 0 Å². The van der Waals surface area contributed by atoms with Gasteiger partial charge in [0.15, 0.2) is 0 Å². The van der Waals surface area contributed by atoms with Crippen LogP contribution in [0, 0.1) is 6.92 Å². The van der Waals surface area contributed by atoms with E-state index < -0.39 is 17.6 Å². The van der Waals surface area contributed by atoms with E-state index in [1.54, 1.807) is 30.1 Å². The molecule has 9 nitrogen and oxygen atoms in total. The Bertz CT molecular complexity index is 1630. The second-order valence-corrected chi connectivity index (χ2v) is 10.1. The Balaban J connectivity index is 1.53. The van der Waals surface area contributed by atoms with E-state index in [4.69, 9.17) is 5.73 Å². The molecule has 0 spiro atoms. The number of hydrogen-bond donors (Lipinski definition) is 4. The molecule has 0 atom stereocenters. The Morgan fingerprint density at radius 1 is 1.05 bits per heavy atom. The molecule has 0 bridgehead atoms. The van der Waals surface area contributed by atoms with E-state index in [0.717, 1.165) is 34.6 Å². The number of allylic oxidation sites excluding steroid dienone is 1. The van der Waals surface area contributed by atoms with Gasteiger partial charge in [-0.3, -0.25) is 14.6 Å². The standard InChI is InChI=1S/C32H34F3N7O2/c1-5-22-19-42(31(44)41(4)29(22)39-21(3)38-26-11-7-10-25(17-26)37-15-14-36)28-18-27(13-12-20(28)2)40-30(43)23-8-6-9-24(16-23)32(33,34)35/h5-13,16-18,37-38H,3,14-15,19,36H2,1-2,4H3,(H,40,43)/b22-5-,39-29+. The first-order valence-electron chi connectivity index (χ1n) is 13.8. The van der Waals surface area contributed by atoms with Gasteiger partial charge >= 0.3 is 12.2 Å². The van der Waals surface area contributed by atoms with Gasteiger partial charge in [0.1, 0.15) is 11.7 Å². The molecule has 1 aliphatic heterocycles. The molecule has 5 N–H and O–H groups in total. The van der Waals surface area contributed by atoms with Gasteiger partial charge in [0.05, 0.1) is 17.8 Å². The normalized spacial score (nSPS) is 15.5. The highest BCUT2D eigenvalue weighted by Crippen LogP contribution is 2.31. The number of aryl methyl sites for hydroxylation is 1. The number of benzene rings is 3.